The molecule has 1 atom stereocenters. The smallest absolute Gasteiger partial charge is 0.255 e. The summed E-state index contributed by atoms with van der Waals surface area (Å²) >= 11 is 6.30. The fourth-order valence-electron chi connectivity index (χ4n) is 4.89. The van der Waals surface area contributed by atoms with Gasteiger partial charge in [-0.3, -0.25) is 9.59 Å². The van der Waals surface area contributed by atoms with E-state index in [9.17, 15) is 9.59 Å². The number of fused-ring (bicyclic) bond motifs is 2. The number of halogens is 1. The molecule has 1 aromatic heterocycles. The Morgan fingerprint density at radius 1 is 1.15 bits per heavy atom. The summed E-state index contributed by atoms with van der Waals surface area (Å²) < 4.78 is 19.2. The number of nitrogens with zero attached hydrogens (tertiary/aromatic N) is 4. The number of morpholine rings is 1. The lowest BCUT2D eigenvalue weighted by molar-refractivity contribution is -0.182. The molecule has 2 amide bonds. The van der Waals surface area contributed by atoms with E-state index in [0.717, 1.165) is 5.82 Å². The SMILES string of the molecule is COc1ccc(Cl)c(C(=O)N2CCC3(CC2)OC(C(=O)N2CCOCC2)Cn2ccnc23)c1. The Balaban J connectivity index is 1.33. The molecule has 0 aliphatic carbocycles. The van der Waals surface area contributed by atoms with E-state index in [4.69, 9.17) is 25.8 Å². The van der Waals surface area contributed by atoms with Crippen LogP contribution in [0.4, 0.5) is 0 Å². The first kappa shape index (κ1) is 22.2. The number of benzene rings is 1. The van der Waals surface area contributed by atoms with E-state index >= 15 is 0 Å². The molecule has 176 valence electrons. The van der Waals surface area contributed by atoms with Crippen molar-refractivity contribution in [3.63, 3.8) is 0 Å². The van der Waals surface area contributed by atoms with E-state index in [0.29, 0.717) is 75.1 Å². The highest BCUT2D eigenvalue weighted by atomic mass is 35.5. The Bertz CT molecular complexity index is 1040. The Labute approximate surface area is 197 Å². The predicted octanol–water partition coefficient (Wildman–Crippen LogP) is 1.93. The number of rotatable bonds is 3. The molecule has 0 saturated carbocycles. The molecule has 3 aliphatic heterocycles. The summed E-state index contributed by atoms with van der Waals surface area (Å²) in [4.78, 5) is 34.5. The minimum atomic E-state index is -0.705. The average Bonchev–Trinajstić information content (AvgIpc) is 3.34. The topological polar surface area (TPSA) is 86.1 Å². The van der Waals surface area contributed by atoms with Crippen molar-refractivity contribution in [1.82, 2.24) is 19.4 Å². The number of imidazole rings is 1. The summed E-state index contributed by atoms with van der Waals surface area (Å²) in [7, 11) is 1.55. The number of hydrogen-bond acceptors (Lipinski definition) is 6. The number of ether oxygens (including phenoxy) is 3. The highest BCUT2D eigenvalue weighted by Crippen LogP contribution is 2.41. The van der Waals surface area contributed by atoms with Crippen molar-refractivity contribution < 1.29 is 23.8 Å². The van der Waals surface area contributed by atoms with Crippen LogP contribution in [0.1, 0.15) is 29.0 Å². The lowest BCUT2D eigenvalue weighted by atomic mass is 9.88. The minimum absolute atomic E-state index is 0.0151. The number of likely N-dealkylation sites (tertiary alicyclic amines) is 1. The van der Waals surface area contributed by atoms with Crippen LogP contribution in [0.25, 0.3) is 0 Å². The average molecular weight is 475 g/mol. The summed E-state index contributed by atoms with van der Waals surface area (Å²) in [6.07, 6.45) is 4.15. The molecule has 3 aliphatic rings. The number of carbonyl (C=O) groups excluding carboxylic acids is 2. The number of amides is 2. The third-order valence-electron chi connectivity index (χ3n) is 6.71. The standard InChI is InChI=1S/C23H27ClN4O5/c1-31-16-2-3-18(24)17(14-16)20(29)26-7-4-23(5-8-26)22-25-6-9-28(22)15-19(33-23)21(30)27-10-12-32-13-11-27/h2-3,6,9,14,19H,4-5,7-8,10-13,15H2,1H3. The molecule has 1 unspecified atom stereocenters. The monoisotopic (exact) mass is 474 g/mol. The van der Waals surface area contributed by atoms with Gasteiger partial charge in [-0.05, 0) is 18.2 Å². The zero-order valence-electron chi connectivity index (χ0n) is 18.5. The maximum Gasteiger partial charge on any atom is 0.255 e. The van der Waals surface area contributed by atoms with Crippen molar-refractivity contribution in [1.29, 1.82) is 0 Å². The van der Waals surface area contributed by atoms with Crippen molar-refractivity contribution in [2.24, 2.45) is 0 Å². The number of carbonyl (C=O) groups is 2. The van der Waals surface area contributed by atoms with Gasteiger partial charge >= 0.3 is 0 Å². The van der Waals surface area contributed by atoms with Gasteiger partial charge in [0.05, 0.1) is 37.5 Å². The number of piperidine rings is 1. The summed E-state index contributed by atoms with van der Waals surface area (Å²) in [6, 6.07) is 5.06. The highest BCUT2D eigenvalue weighted by molar-refractivity contribution is 6.33. The normalized spacial score (nSPS) is 22.2. The van der Waals surface area contributed by atoms with Crippen LogP contribution in [-0.2, 0) is 26.4 Å². The van der Waals surface area contributed by atoms with Crippen LogP contribution >= 0.6 is 11.6 Å². The van der Waals surface area contributed by atoms with Gasteiger partial charge in [0.2, 0.25) is 0 Å². The van der Waals surface area contributed by atoms with Crippen LogP contribution in [-0.4, -0.2) is 83.8 Å². The number of methoxy groups -OCH3 is 1. The maximum atomic E-state index is 13.2. The van der Waals surface area contributed by atoms with Gasteiger partial charge < -0.3 is 28.6 Å². The van der Waals surface area contributed by atoms with Gasteiger partial charge in [-0.1, -0.05) is 11.6 Å². The van der Waals surface area contributed by atoms with Gasteiger partial charge in [-0.25, -0.2) is 4.98 Å². The minimum Gasteiger partial charge on any atom is -0.497 e. The van der Waals surface area contributed by atoms with Gasteiger partial charge in [0.25, 0.3) is 11.8 Å². The molecule has 1 aromatic carbocycles. The molecule has 2 saturated heterocycles. The first-order valence-corrected chi connectivity index (χ1v) is 11.6. The number of hydrogen-bond donors (Lipinski definition) is 0. The van der Waals surface area contributed by atoms with Gasteiger partial charge in [-0.2, -0.15) is 0 Å². The highest BCUT2D eigenvalue weighted by Gasteiger charge is 2.48. The van der Waals surface area contributed by atoms with E-state index in [1.807, 2.05) is 15.7 Å². The quantitative estimate of drug-likeness (QED) is 0.675. The van der Waals surface area contributed by atoms with Gasteiger partial charge in [0, 0.05) is 51.4 Å². The molecule has 1 spiro atoms. The van der Waals surface area contributed by atoms with Crippen LogP contribution in [0.3, 0.4) is 0 Å². The summed E-state index contributed by atoms with van der Waals surface area (Å²) in [6.45, 7) is 3.62. The molecule has 2 fully saturated rings. The van der Waals surface area contributed by atoms with Crippen molar-refractivity contribution in [3.05, 3.63) is 47.0 Å². The Hall–Kier alpha value is -2.62. The second-order valence-corrected chi connectivity index (χ2v) is 8.99. The Morgan fingerprint density at radius 2 is 1.91 bits per heavy atom. The summed E-state index contributed by atoms with van der Waals surface area (Å²) in [5, 5.41) is 0.390. The Kier molecular flexibility index (Phi) is 6.03. The van der Waals surface area contributed by atoms with E-state index < -0.39 is 11.7 Å². The fraction of sp³-hybridized carbons (Fsp3) is 0.522. The molecule has 10 heteroatoms. The molecule has 0 bridgehead atoms. The molecule has 4 heterocycles. The lowest BCUT2D eigenvalue weighted by Crippen LogP contribution is -2.56. The van der Waals surface area contributed by atoms with Crippen LogP contribution in [0.15, 0.2) is 30.6 Å². The zero-order chi connectivity index (χ0) is 23.0. The molecule has 33 heavy (non-hydrogen) atoms. The van der Waals surface area contributed by atoms with Crippen LogP contribution < -0.4 is 4.74 Å². The molecular weight excluding hydrogens is 448 g/mol. The third-order valence-corrected chi connectivity index (χ3v) is 7.04. The third kappa shape index (κ3) is 4.09. The molecule has 5 rings (SSSR count). The molecule has 9 nitrogen and oxygen atoms in total. The lowest BCUT2D eigenvalue weighted by Gasteiger charge is -2.46. The van der Waals surface area contributed by atoms with Crippen LogP contribution in [0, 0.1) is 0 Å². The molecule has 0 radical (unpaired) electrons. The van der Waals surface area contributed by atoms with Crippen LogP contribution in [0.5, 0.6) is 5.75 Å². The van der Waals surface area contributed by atoms with E-state index in [1.54, 1.807) is 36.4 Å². The maximum absolute atomic E-state index is 13.2. The van der Waals surface area contributed by atoms with Crippen molar-refractivity contribution in [3.8, 4) is 5.75 Å². The molecule has 2 aromatic rings. The van der Waals surface area contributed by atoms with Crippen molar-refractivity contribution >= 4 is 23.4 Å². The predicted molar refractivity (Wildman–Crippen MR) is 119 cm³/mol. The molecule has 0 N–H and O–H groups in total. The first-order chi connectivity index (χ1) is 16.0. The van der Waals surface area contributed by atoms with E-state index in [-0.39, 0.29) is 11.8 Å². The van der Waals surface area contributed by atoms with E-state index in [2.05, 4.69) is 4.98 Å². The first-order valence-electron chi connectivity index (χ1n) is 11.2. The second-order valence-electron chi connectivity index (χ2n) is 8.58. The van der Waals surface area contributed by atoms with Crippen LogP contribution in [0.2, 0.25) is 5.02 Å². The summed E-state index contributed by atoms with van der Waals surface area (Å²) in [5.74, 6) is 1.24. The van der Waals surface area contributed by atoms with Crippen molar-refractivity contribution in [2.75, 3.05) is 46.5 Å². The van der Waals surface area contributed by atoms with Gasteiger partial charge in [0.1, 0.15) is 17.2 Å². The van der Waals surface area contributed by atoms with Crippen molar-refractivity contribution in [2.45, 2.75) is 31.1 Å². The van der Waals surface area contributed by atoms with E-state index in [1.165, 1.54) is 0 Å². The molecular formula is C23H27ClN4O5. The van der Waals surface area contributed by atoms with Gasteiger partial charge in [0.15, 0.2) is 6.10 Å². The largest absolute Gasteiger partial charge is 0.497 e. The zero-order valence-corrected chi connectivity index (χ0v) is 19.3. The Morgan fingerprint density at radius 3 is 2.64 bits per heavy atom. The summed E-state index contributed by atoms with van der Waals surface area (Å²) in [5.41, 5.74) is -0.290. The second kappa shape index (κ2) is 8.96. The fourth-order valence-corrected chi connectivity index (χ4v) is 5.09. The number of aromatic nitrogens is 2. The van der Waals surface area contributed by atoms with Gasteiger partial charge in [-0.15, -0.1) is 0 Å².